The van der Waals surface area contributed by atoms with Crippen molar-refractivity contribution in [2.24, 2.45) is 0 Å². The van der Waals surface area contributed by atoms with Crippen LogP contribution in [0.3, 0.4) is 0 Å². The van der Waals surface area contributed by atoms with Crippen molar-refractivity contribution in [2.45, 2.75) is 6.10 Å². The Balaban J connectivity index is 2.07. The summed E-state index contributed by atoms with van der Waals surface area (Å²) in [4.78, 5) is 17.0. The van der Waals surface area contributed by atoms with Crippen molar-refractivity contribution in [3.63, 3.8) is 0 Å². The fourth-order valence-corrected chi connectivity index (χ4v) is 2.49. The molecule has 0 bridgehead atoms. The zero-order valence-corrected chi connectivity index (χ0v) is 11.7. The molecule has 3 aromatic rings. The van der Waals surface area contributed by atoms with Gasteiger partial charge in [-0.05, 0) is 17.0 Å². The molecule has 3 heteroatoms. The molecule has 3 rings (SSSR count). The second kappa shape index (κ2) is 5.85. The number of ether oxygens (including phenoxy) is 1. The molecular weight excluding hydrogens is 262 g/mol. The number of ketones is 1. The Morgan fingerprint density at radius 2 is 1.86 bits per heavy atom. The van der Waals surface area contributed by atoms with Crippen LogP contribution in [0.5, 0.6) is 0 Å². The number of benzene rings is 2. The van der Waals surface area contributed by atoms with E-state index in [4.69, 9.17) is 4.74 Å². The van der Waals surface area contributed by atoms with E-state index in [0.29, 0.717) is 5.56 Å². The fourth-order valence-electron chi connectivity index (χ4n) is 2.49. The lowest BCUT2D eigenvalue weighted by molar-refractivity contribution is 0.0606. The van der Waals surface area contributed by atoms with Gasteiger partial charge in [-0.2, -0.15) is 0 Å². The Bertz CT molecular complexity index is 763. The summed E-state index contributed by atoms with van der Waals surface area (Å²) in [6, 6.07) is 17.1. The number of carbonyl (C=O) groups is 1. The lowest BCUT2D eigenvalue weighted by Gasteiger charge is -2.15. The van der Waals surface area contributed by atoms with E-state index >= 15 is 0 Å². The first-order chi connectivity index (χ1) is 10.3. The third-order valence-corrected chi connectivity index (χ3v) is 3.53. The first-order valence-corrected chi connectivity index (χ1v) is 6.76. The van der Waals surface area contributed by atoms with Gasteiger partial charge < -0.3 is 4.74 Å². The molecule has 0 amide bonds. The van der Waals surface area contributed by atoms with Crippen LogP contribution in [0.4, 0.5) is 0 Å². The number of nitrogens with zero attached hydrogens (tertiary/aromatic N) is 1. The van der Waals surface area contributed by atoms with Crippen LogP contribution in [0.25, 0.3) is 10.8 Å². The van der Waals surface area contributed by atoms with E-state index < -0.39 is 6.10 Å². The lowest BCUT2D eigenvalue weighted by atomic mass is 9.96. The highest BCUT2D eigenvalue weighted by Gasteiger charge is 2.22. The number of fused-ring (bicyclic) bond motifs is 1. The number of hydrogen-bond donors (Lipinski definition) is 0. The van der Waals surface area contributed by atoms with E-state index in [2.05, 4.69) is 4.98 Å². The molecule has 1 heterocycles. The molecule has 0 fully saturated rings. The number of carbonyl (C=O) groups excluding carboxylic acids is 1. The van der Waals surface area contributed by atoms with Gasteiger partial charge in [0.25, 0.3) is 0 Å². The van der Waals surface area contributed by atoms with E-state index in [1.807, 2.05) is 54.6 Å². The first kappa shape index (κ1) is 13.5. The summed E-state index contributed by atoms with van der Waals surface area (Å²) in [6.07, 6.45) is 2.85. The monoisotopic (exact) mass is 277 g/mol. The normalized spacial score (nSPS) is 12.2. The van der Waals surface area contributed by atoms with Crippen LogP contribution in [-0.2, 0) is 4.74 Å². The molecule has 1 atom stereocenters. The molecule has 0 saturated carbocycles. The van der Waals surface area contributed by atoms with Crippen LogP contribution >= 0.6 is 0 Å². The van der Waals surface area contributed by atoms with Gasteiger partial charge in [0.1, 0.15) is 6.10 Å². The van der Waals surface area contributed by atoms with Crippen molar-refractivity contribution in [3.8, 4) is 0 Å². The minimum Gasteiger partial charge on any atom is -0.369 e. The van der Waals surface area contributed by atoms with E-state index in [0.717, 1.165) is 16.3 Å². The number of hydrogen-bond acceptors (Lipinski definition) is 3. The maximum absolute atomic E-state index is 12.8. The van der Waals surface area contributed by atoms with Crippen molar-refractivity contribution in [2.75, 3.05) is 7.11 Å². The maximum Gasteiger partial charge on any atom is 0.196 e. The quantitative estimate of drug-likeness (QED) is 0.681. The molecule has 0 saturated heterocycles. The number of aromatic nitrogens is 1. The molecule has 0 spiro atoms. The van der Waals surface area contributed by atoms with Crippen LogP contribution in [0.2, 0.25) is 0 Å². The minimum absolute atomic E-state index is 0.0534. The molecule has 0 aliphatic rings. The van der Waals surface area contributed by atoms with Crippen LogP contribution < -0.4 is 0 Å². The smallest absolute Gasteiger partial charge is 0.196 e. The Morgan fingerprint density at radius 3 is 2.62 bits per heavy atom. The van der Waals surface area contributed by atoms with E-state index in [1.54, 1.807) is 19.5 Å². The van der Waals surface area contributed by atoms with Gasteiger partial charge >= 0.3 is 0 Å². The van der Waals surface area contributed by atoms with Crippen LogP contribution in [-0.4, -0.2) is 17.9 Å². The number of pyridine rings is 1. The summed E-state index contributed by atoms with van der Waals surface area (Å²) < 4.78 is 5.43. The van der Waals surface area contributed by atoms with Gasteiger partial charge in [-0.25, -0.2) is 0 Å². The van der Waals surface area contributed by atoms with Crippen LogP contribution in [0.15, 0.2) is 67.0 Å². The number of methoxy groups -OCH3 is 1. The first-order valence-electron chi connectivity index (χ1n) is 6.76. The molecule has 0 N–H and O–H groups in total. The van der Waals surface area contributed by atoms with Crippen molar-refractivity contribution in [1.29, 1.82) is 0 Å². The lowest BCUT2D eigenvalue weighted by Crippen LogP contribution is -2.15. The van der Waals surface area contributed by atoms with E-state index in [1.165, 1.54) is 0 Å². The van der Waals surface area contributed by atoms with Crippen molar-refractivity contribution >= 4 is 16.6 Å². The summed E-state index contributed by atoms with van der Waals surface area (Å²) in [7, 11) is 1.55. The highest BCUT2D eigenvalue weighted by atomic mass is 16.5. The topological polar surface area (TPSA) is 39.2 Å². The fraction of sp³-hybridized carbons (Fsp3) is 0.111. The molecule has 0 aliphatic heterocycles. The van der Waals surface area contributed by atoms with Gasteiger partial charge in [-0.15, -0.1) is 0 Å². The van der Waals surface area contributed by atoms with Gasteiger partial charge in [0.05, 0.1) is 0 Å². The highest BCUT2D eigenvalue weighted by Crippen LogP contribution is 2.26. The summed E-state index contributed by atoms with van der Waals surface area (Å²) >= 11 is 0. The molecule has 21 heavy (non-hydrogen) atoms. The van der Waals surface area contributed by atoms with Crippen molar-refractivity contribution < 1.29 is 9.53 Å². The van der Waals surface area contributed by atoms with Crippen LogP contribution in [0, 0.1) is 0 Å². The molecule has 1 unspecified atom stereocenters. The Morgan fingerprint density at radius 1 is 1.05 bits per heavy atom. The van der Waals surface area contributed by atoms with Crippen molar-refractivity contribution in [3.05, 3.63) is 78.1 Å². The average Bonchev–Trinajstić information content (AvgIpc) is 2.56. The minimum atomic E-state index is -0.600. The molecular formula is C18H15NO2. The molecule has 0 radical (unpaired) electrons. The largest absolute Gasteiger partial charge is 0.369 e. The Hall–Kier alpha value is -2.52. The molecule has 0 aliphatic carbocycles. The van der Waals surface area contributed by atoms with Gasteiger partial charge in [0, 0.05) is 30.5 Å². The summed E-state index contributed by atoms with van der Waals surface area (Å²) in [6.45, 7) is 0. The third-order valence-electron chi connectivity index (χ3n) is 3.53. The Labute approximate surface area is 123 Å². The third kappa shape index (κ3) is 2.56. The standard InChI is InChI=1S/C18H15NO2/c1-21-18(14-6-3-2-4-7-14)17(20)15-9-5-8-13-10-11-19-12-16(13)15/h2-12,18H,1H3. The maximum atomic E-state index is 12.8. The Kier molecular flexibility index (Phi) is 3.75. The number of Topliss-reactive ketones (excluding diaryl/α,β-unsaturated/α-hetero) is 1. The summed E-state index contributed by atoms with van der Waals surface area (Å²) in [5.74, 6) is -0.0534. The van der Waals surface area contributed by atoms with Crippen LogP contribution in [0.1, 0.15) is 22.0 Å². The second-order valence-corrected chi connectivity index (χ2v) is 4.79. The van der Waals surface area contributed by atoms with E-state index in [9.17, 15) is 4.79 Å². The zero-order chi connectivity index (χ0) is 14.7. The molecule has 104 valence electrons. The SMILES string of the molecule is COC(C(=O)c1cccc2ccncc12)c1ccccc1. The number of rotatable bonds is 4. The second-order valence-electron chi connectivity index (χ2n) is 4.79. The van der Waals surface area contributed by atoms with Gasteiger partial charge in [-0.1, -0.05) is 48.5 Å². The van der Waals surface area contributed by atoms with Gasteiger partial charge in [0.2, 0.25) is 0 Å². The predicted molar refractivity (Wildman–Crippen MR) is 82.3 cm³/mol. The van der Waals surface area contributed by atoms with E-state index in [-0.39, 0.29) is 5.78 Å². The summed E-state index contributed by atoms with van der Waals surface area (Å²) in [5, 5.41) is 1.85. The molecule has 3 nitrogen and oxygen atoms in total. The molecule has 1 aromatic heterocycles. The molecule has 2 aromatic carbocycles. The zero-order valence-electron chi connectivity index (χ0n) is 11.7. The average molecular weight is 277 g/mol. The van der Waals surface area contributed by atoms with Gasteiger partial charge in [-0.3, -0.25) is 9.78 Å². The van der Waals surface area contributed by atoms with Crippen molar-refractivity contribution in [1.82, 2.24) is 4.98 Å². The highest BCUT2D eigenvalue weighted by molar-refractivity contribution is 6.10. The summed E-state index contributed by atoms with van der Waals surface area (Å²) in [5.41, 5.74) is 1.49. The van der Waals surface area contributed by atoms with Gasteiger partial charge in [0.15, 0.2) is 5.78 Å². The predicted octanol–water partition coefficient (Wildman–Crippen LogP) is 3.81.